The minimum Gasteiger partial charge on any atom is -0.494 e. The predicted octanol–water partition coefficient (Wildman–Crippen LogP) is 5.95. The van der Waals surface area contributed by atoms with Crippen LogP contribution in [0.25, 0.3) is 0 Å². The van der Waals surface area contributed by atoms with Gasteiger partial charge in [0.1, 0.15) is 11.5 Å². The largest absolute Gasteiger partial charge is 0.494 e. The molecule has 3 aromatic rings. The van der Waals surface area contributed by atoms with E-state index >= 15 is 4.39 Å². The van der Waals surface area contributed by atoms with Crippen molar-refractivity contribution in [3.8, 4) is 17.4 Å². The number of hydrogen-bond donors (Lipinski definition) is 0. The van der Waals surface area contributed by atoms with Crippen LogP contribution in [0, 0.1) is 0 Å². The molecule has 4 nitrogen and oxygen atoms in total. The number of hydrogen-bond acceptors (Lipinski definition) is 4. The van der Waals surface area contributed by atoms with Crippen LogP contribution in [0.2, 0.25) is 0 Å². The summed E-state index contributed by atoms with van der Waals surface area (Å²) in [6, 6.07) is 17.9. The second-order valence-electron chi connectivity index (χ2n) is 6.87. The molecule has 0 amide bonds. The lowest BCUT2D eigenvalue weighted by atomic mass is 9.97. The molecule has 0 radical (unpaired) electrons. The second-order valence-corrected chi connectivity index (χ2v) is 8.32. The van der Waals surface area contributed by atoms with Gasteiger partial charge in [-0.15, -0.1) is 0 Å². The molecular formula is C23H21F4NO3S. The third-order valence-electron chi connectivity index (χ3n) is 4.49. The van der Waals surface area contributed by atoms with Crippen LogP contribution in [0.3, 0.4) is 0 Å². The molecule has 2 aromatic carbocycles. The Morgan fingerprint density at radius 2 is 1.56 bits per heavy atom. The molecule has 0 fully saturated rings. The molecule has 9 heteroatoms. The van der Waals surface area contributed by atoms with Gasteiger partial charge in [-0.2, -0.15) is 13.2 Å². The fourth-order valence-electron chi connectivity index (χ4n) is 2.95. The average molecular weight is 467 g/mol. The number of halogens is 4. The van der Waals surface area contributed by atoms with E-state index in [1.807, 2.05) is 6.07 Å². The number of ether oxygens (including phenoxy) is 2. The van der Waals surface area contributed by atoms with Crippen molar-refractivity contribution in [2.24, 2.45) is 0 Å². The molecule has 1 aromatic heterocycles. The third-order valence-corrected chi connectivity index (χ3v) is 5.83. The maximum atomic E-state index is 15.3. The molecule has 0 bridgehead atoms. The number of nitrogens with zero attached hydrogens (tertiary/aromatic N) is 1. The first-order valence-electron chi connectivity index (χ1n) is 9.74. The van der Waals surface area contributed by atoms with E-state index in [2.05, 4.69) is 4.98 Å². The summed E-state index contributed by atoms with van der Waals surface area (Å²) < 4.78 is 79.6. The van der Waals surface area contributed by atoms with E-state index in [-0.39, 0.29) is 17.3 Å². The third kappa shape index (κ3) is 5.85. The van der Waals surface area contributed by atoms with Crippen molar-refractivity contribution >= 4 is 10.8 Å². The summed E-state index contributed by atoms with van der Waals surface area (Å²) in [5, 5.41) is 0. The van der Waals surface area contributed by atoms with Gasteiger partial charge in [0.2, 0.25) is 11.5 Å². The molecule has 0 aliphatic carbocycles. The minimum atomic E-state index is -5.25. The molecule has 0 N–H and O–H groups in total. The second kappa shape index (κ2) is 10.1. The number of benzene rings is 2. The lowest BCUT2D eigenvalue weighted by Crippen LogP contribution is -2.43. The molecule has 1 heterocycles. The Balaban J connectivity index is 1.75. The molecule has 0 aliphatic heterocycles. The highest BCUT2D eigenvalue weighted by molar-refractivity contribution is 7.84. The number of alkyl halides is 4. The van der Waals surface area contributed by atoms with Gasteiger partial charge in [0.15, 0.2) is 0 Å². The quantitative estimate of drug-likeness (QED) is 0.365. The van der Waals surface area contributed by atoms with Crippen molar-refractivity contribution in [3.63, 3.8) is 0 Å². The number of pyridine rings is 1. The maximum absolute atomic E-state index is 15.3. The summed E-state index contributed by atoms with van der Waals surface area (Å²) >= 11 is 0. The number of aromatic nitrogens is 1. The predicted molar refractivity (Wildman–Crippen MR) is 114 cm³/mol. The summed E-state index contributed by atoms with van der Waals surface area (Å²) in [5.41, 5.74) is -4.18. The van der Waals surface area contributed by atoms with Crippen LogP contribution in [0.1, 0.15) is 18.2 Å². The first-order chi connectivity index (χ1) is 15.2. The highest BCUT2D eigenvalue weighted by Gasteiger charge is 2.58. The van der Waals surface area contributed by atoms with E-state index in [0.29, 0.717) is 18.1 Å². The molecule has 0 saturated heterocycles. The van der Waals surface area contributed by atoms with E-state index in [1.54, 1.807) is 43.3 Å². The van der Waals surface area contributed by atoms with Crippen LogP contribution in [-0.4, -0.2) is 27.7 Å². The molecular weight excluding hydrogens is 446 g/mol. The number of para-hydroxylation sites is 1. The number of rotatable bonds is 9. The summed E-state index contributed by atoms with van der Waals surface area (Å²) in [5.74, 6) is -0.574. The van der Waals surface area contributed by atoms with Gasteiger partial charge in [0.05, 0.1) is 23.8 Å². The van der Waals surface area contributed by atoms with Crippen molar-refractivity contribution in [2.45, 2.75) is 24.5 Å². The van der Waals surface area contributed by atoms with E-state index in [9.17, 15) is 17.4 Å². The molecule has 3 rings (SSSR count). The van der Waals surface area contributed by atoms with Crippen molar-refractivity contribution in [2.75, 3.05) is 12.4 Å². The van der Waals surface area contributed by atoms with E-state index < -0.39 is 34.0 Å². The Bertz CT molecular complexity index is 1050. The van der Waals surface area contributed by atoms with Gasteiger partial charge in [-0.25, -0.2) is 9.37 Å². The average Bonchev–Trinajstić information content (AvgIpc) is 2.74. The molecule has 2 unspecified atom stereocenters. The zero-order chi connectivity index (χ0) is 23.2. The molecule has 0 saturated carbocycles. The fourth-order valence-corrected chi connectivity index (χ4v) is 4.32. The van der Waals surface area contributed by atoms with Crippen LogP contribution in [0.4, 0.5) is 17.6 Å². The zero-order valence-corrected chi connectivity index (χ0v) is 18.0. The van der Waals surface area contributed by atoms with Crippen molar-refractivity contribution in [3.05, 3.63) is 84.1 Å². The normalized spacial score (nSPS) is 14.4. The Labute approximate surface area is 185 Å². The van der Waals surface area contributed by atoms with E-state index in [0.717, 1.165) is 12.1 Å². The molecule has 2 atom stereocenters. The maximum Gasteiger partial charge on any atom is 0.427 e. The molecule has 32 heavy (non-hydrogen) atoms. The van der Waals surface area contributed by atoms with Crippen LogP contribution >= 0.6 is 0 Å². The first kappa shape index (κ1) is 23.7. The Morgan fingerprint density at radius 1 is 0.875 bits per heavy atom. The van der Waals surface area contributed by atoms with Crippen LogP contribution in [0.15, 0.2) is 72.8 Å². The standard InChI is InChI=1S/C23H21F4NO3S/c1-2-30-19-13-11-17(12-14-19)22(24,23(25,26)27)16-32(29)15-18-7-6-10-21(28-18)31-20-8-4-3-5-9-20/h3-14H,2,15-16H2,1H3. The van der Waals surface area contributed by atoms with Gasteiger partial charge in [0, 0.05) is 16.9 Å². The van der Waals surface area contributed by atoms with E-state index in [1.165, 1.54) is 18.2 Å². The van der Waals surface area contributed by atoms with Crippen LogP contribution in [-0.2, 0) is 22.2 Å². The van der Waals surface area contributed by atoms with E-state index in [4.69, 9.17) is 9.47 Å². The smallest absolute Gasteiger partial charge is 0.427 e. The highest BCUT2D eigenvalue weighted by Crippen LogP contribution is 2.44. The lowest BCUT2D eigenvalue weighted by molar-refractivity contribution is -0.226. The van der Waals surface area contributed by atoms with Crippen molar-refractivity contribution < 1.29 is 31.2 Å². The van der Waals surface area contributed by atoms with Gasteiger partial charge in [0.25, 0.3) is 0 Å². The first-order valence-corrected chi connectivity index (χ1v) is 11.2. The molecule has 0 aliphatic rings. The van der Waals surface area contributed by atoms with Gasteiger partial charge >= 0.3 is 6.18 Å². The van der Waals surface area contributed by atoms with Gasteiger partial charge in [-0.05, 0) is 42.8 Å². The van der Waals surface area contributed by atoms with Gasteiger partial charge in [-0.1, -0.05) is 36.4 Å². The highest BCUT2D eigenvalue weighted by atomic mass is 32.2. The summed E-state index contributed by atoms with van der Waals surface area (Å²) in [6.07, 6.45) is -5.25. The Kier molecular flexibility index (Phi) is 7.50. The summed E-state index contributed by atoms with van der Waals surface area (Å²) in [6.45, 7) is 2.05. The van der Waals surface area contributed by atoms with Crippen molar-refractivity contribution in [1.29, 1.82) is 0 Å². The van der Waals surface area contributed by atoms with Crippen LogP contribution < -0.4 is 9.47 Å². The zero-order valence-electron chi connectivity index (χ0n) is 17.1. The van der Waals surface area contributed by atoms with Gasteiger partial charge < -0.3 is 9.47 Å². The fraction of sp³-hybridized carbons (Fsp3) is 0.261. The lowest BCUT2D eigenvalue weighted by Gasteiger charge is -2.28. The SMILES string of the molecule is CCOc1ccc(C(F)(CS(=O)Cc2cccc(Oc3ccccc3)n2)C(F)(F)F)cc1. The van der Waals surface area contributed by atoms with Crippen molar-refractivity contribution in [1.82, 2.24) is 4.98 Å². The Hall–Kier alpha value is -2.94. The summed E-state index contributed by atoms with van der Waals surface area (Å²) in [7, 11) is -2.20. The van der Waals surface area contributed by atoms with Crippen LogP contribution in [0.5, 0.6) is 17.4 Å². The van der Waals surface area contributed by atoms with Gasteiger partial charge in [-0.3, -0.25) is 4.21 Å². The Morgan fingerprint density at radius 3 is 2.19 bits per heavy atom. The monoisotopic (exact) mass is 467 g/mol. The summed E-state index contributed by atoms with van der Waals surface area (Å²) in [4.78, 5) is 4.17. The topological polar surface area (TPSA) is 48.4 Å². The molecule has 170 valence electrons. The minimum absolute atomic E-state index is 0.194. The molecule has 0 spiro atoms.